The van der Waals surface area contributed by atoms with Crippen molar-refractivity contribution in [2.75, 3.05) is 19.5 Å². The van der Waals surface area contributed by atoms with Crippen LogP contribution < -0.4 is 14.8 Å². The van der Waals surface area contributed by atoms with E-state index in [4.69, 9.17) is 14.2 Å². The fourth-order valence-corrected chi connectivity index (χ4v) is 2.83. The lowest BCUT2D eigenvalue weighted by atomic mass is 10.1. The first-order valence-corrected chi connectivity index (χ1v) is 7.75. The number of ether oxygens (including phenoxy) is 3. The van der Waals surface area contributed by atoms with Crippen LogP contribution in [0.25, 0.3) is 0 Å². The van der Waals surface area contributed by atoms with Crippen molar-refractivity contribution < 1.29 is 37.1 Å². The van der Waals surface area contributed by atoms with E-state index in [9.17, 15) is 28.1 Å². The van der Waals surface area contributed by atoms with Crippen LogP contribution in [0.5, 0.6) is 11.5 Å². The lowest BCUT2D eigenvalue weighted by Gasteiger charge is -2.16. The van der Waals surface area contributed by atoms with Gasteiger partial charge in [-0.05, 0) is 24.3 Å². The minimum absolute atomic E-state index is 0.0638. The predicted molar refractivity (Wildman–Crippen MR) is 89.4 cm³/mol. The zero-order valence-corrected chi connectivity index (χ0v) is 14.5. The first-order chi connectivity index (χ1) is 13.2. The van der Waals surface area contributed by atoms with Gasteiger partial charge in [-0.3, -0.25) is 10.1 Å². The Morgan fingerprint density at radius 1 is 1.18 bits per heavy atom. The molecule has 2 aromatic carbocycles. The minimum atomic E-state index is -4.74. The summed E-state index contributed by atoms with van der Waals surface area (Å²) in [7, 11) is 2.71. The average Bonchev–Trinajstić information content (AvgIpc) is 2.95. The highest BCUT2D eigenvalue weighted by Gasteiger charge is 2.38. The van der Waals surface area contributed by atoms with E-state index in [0.29, 0.717) is 17.7 Å². The first-order valence-electron chi connectivity index (χ1n) is 7.75. The lowest BCUT2D eigenvalue weighted by Crippen LogP contribution is -2.13. The van der Waals surface area contributed by atoms with E-state index >= 15 is 0 Å². The number of carbonyl (C=O) groups excluding carboxylic acids is 1. The van der Waals surface area contributed by atoms with Gasteiger partial charge in [-0.1, -0.05) is 0 Å². The van der Waals surface area contributed by atoms with Crippen LogP contribution in [0, 0.1) is 10.1 Å². The molecule has 0 aliphatic carbocycles. The molecular formula is C17H13F3N2O6. The van der Waals surface area contributed by atoms with Crippen LogP contribution in [-0.4, -0.2) is 25.1 Å². The average molecular weight is 398 g/mol. The molecule has 1 aliphatic rings. The summed E-state index contributed by atoms with van der Waals surface area (Å²) in [6.45, 7) is 0. The molecule has 0 unspecified atom stereocenters. The number of methoxy groups -OCH3 is 2. The number of halogens is 3. The van der Waals surface area contributed by atoms with Gasteiger partial charge in [0, 0.05) is 11.6 Å². The van der Waals surface area contributed by atoms with Gasteiger partial charge in [0.25, 0.3) is 5.69 Å². The molecule has 0 saturated carbocycles. The molecule has 1 heterocycles. The maximum absolute atomic E-state index is 12.8. The number of fused-ring (bicyclic) bond motifs is 1. The summed E-state index contributed by atoms with van der Waals surface area (Å²) in [5, 5.41) is 13.8. The maximum Gasteiger partial charge on any atom is 0.416 e. The molecule has 0 spiro atoms. The summed E-state index contributed by atoms with van der Waals surface area (Å²) < 4.78 is 54.0. The number of nitro benzene ring substituents is 1. The highest BCUT2D eigenvalue weighted by Crippen LogP contribution is 2.43. The lowest BCUT2D eigenvalue weighted by molar-refractivity contribution is -0.384. The number of esters is 1. The normalized spacial score (nSPS) is 15.6. The number of nitrogens with zero attached hydrogens (tertiary/aromatic N) is 1. The van der Waals surface area contributed by atoms with Crippen molar-refractivity contribution in [3.63, 3.8) is 0 Å². The third kappa shape index (κ3) is 3.26. The third-order valence-electron chi connectivity index (χ3n) is 4.10. The van der Waals surface area contributed by atoms with Crippen molar-refractivity contribution in [2.24, 2.45) is 0 Å². The Kier molecular flexibility index (Phi) is 4.75. The van der Waals surface area contributed by atoms with Crippen molar-refractivity contribution in [1.29, 1.82) is 0 Å². The van der Waals surface area contributed by atoms with Gasteiger partial charge in [0.15, 0.2) is 11.5 Å². The van der Waals surface area contributed by atoms with Crippen LogP contribution in [0.15, 0.2) is 30.3 Å². The molecule has 0 radical (unpaired) electrons. The molecule has 0 aromatic heterocycles. The molecule has 0 fully saturated rings. The Hall–Kier alpha value is -3.50. The molecule has 3 rings (SSSR count). The zero-order valence-electron chi connectivity index (χ0n) is 14.5. The molecule has 148 valence electrons. The Balaban J connectivity index is 2.01. The third-order valence-corrected chi connectivity index (χ3v) is 4.10. The quantitative estimate of drug-likeness (QED) is 0.463. The summed E-state index contributed by atoms with van der Waals surface area (Å²) in [6.07, 6.45) is -5.89. The van der Waals surface area contributed by atoms with E-state index in [1.165, 1.54) is 26.4 Å². The molecule has 1 aliphatic heterocycles. The summed E-state index contributed by atoms with van der Waals surface area (Å²) in [5.74, 6) is -0.367. The van der Waals surface area contributed by atoms with Gasteiger partial charge in [0.05, 0.1) is 24.7 Å². The van der Waals surface area contributed by atoms with Crippen LogP contribution in [0.4, 0.5) is 24.5 Å². The van der Waals surface area contributed by atoms with Crippen molar-refractivity contribution in [2.45, 2.75) is 12.4 Å². The number of anilines is 1. The monoisotopic (exact) mass is 398 g/mol. The van der Waals surface area contributed by atoms with Crippen LogP contribution in [0.3, 0.4) is 0 Å². The molecule has 28 heavy (non-hydrogen) atoms. The number of nitrogens with one attached hydrogen (secondary N) is 1. The number of rotatable bonds is 5. The van der Waals surface area contributed by atoms with Gasteiger partial charge < -0.3 is 19.5 Å². The molecule has 0 bridgehead atoms. The maximum atomic E-state index is 12.8. The molecule has 1 atom stereocenters. The highest BCUT2D eigenvalue weighted by atomic mass is 19.4. The Bertz CT molecular complexity index is 961. The van der Waals surface area contributed by atoms with Crippen LogP contribution in [0.1, 0.15) is 27.7 Å². The molecule has 0 amide bonds. The van der Waals surface area contributed by atoms with Gasteiger partial charge in [-0.2, -0.15) is 13.2 Å². The SMILES string of the molecule is COc1ccc2c(c1OC)C(=O)O[C@H]2Nc1ccc(C(F)(F)F)cc1[N+](=O)[O-]. The van der Waals surface area contributed by atoms with Crippen molar-refractivity contribution in [3.8, 4) is 11.5 Å². The second kappa shape index (κ2) is 6.91. The van der Waals surface area contributed by atoms with E-state index in [-0.39, 0.29) is 22.7 Å². The van der Waals surface area contributed by atoms with Gasteiger partial charge in [0.2, 0.25) is 6.23 Å². The number of hydrogen-bond donors (Lipinski definition) is 1. The molecule has 11 heteroatoms. The number of alkyl halides is 3. The van der Waals surface area contributed by atoms with Gasteiger partial charge in [-0.25, -0.2) is 4.79 Å². The fraction of sp³-hybridized carbons (Fsp3) is 0.235. The topological polar surface area (TPSA) is 99.9 Å². The predicted octanol–water partition coefficient (Wildman–Crippen LogP) is 3.91. The first kappa shape index (κ1) is 19.3. The summed E-state index contributed by atoms with van der Waals surface area (Å²) in [4.78, 5) is 22.5. The number of hydrogen-bond acceptors (Lipinski definition) is 7. The van der Waals surface area contributed by atoms with E-state index in [1.807, 2.05) is 0 Å². The molecule has 8 nitrogen and oxygen atoms in total. The number of benzene rings is 2. The second-order valence-corrected chi connectivity index (χ2v) is 5.68. The largest absolute Gasteiger partial charge is 0.493 e. The molecule has 0 saturated heterocycles. The summed E-state index contributed by atoms with van der Waals surface area (Å²) in [6, 6.07) is 5.02. The molecule has 1 N–H and O–H groups in total. The number of cyclic esters (lactones) is 1. The molecule has 2 aromatic rings. The number of carbonyl (C=O) groups is 1. The second-order valence-electron chi connectivity index (χ2n) is 5.68. The Morgan fingerprint density at radius 3 is 2.46 bits per heavy atom. The van der Waals surface area contributed by atoms with E-state index in [0.717, 1.165) is 6.07 Å². The van der Waals surface area contributed by atoms with Crippen LogP contribution >= 0.6 is 0 Å². The van der Waals surface area contributed by atoms with Gasteiger partial charge in [-0.15, -0.1) is 0 Å². The van der Waals surface area contributed by atoms with Crippen LogP contribution in [0.2, 0.25) is 0 Å². The van der Waals surface area contributed by atoms with Crippen molar-refractivity contribution in [1.82, 2.24) is 0 Å². The summed E-state index contributed by atoms with van der Waals surface area (Å²) >= 11 is 0. The van der Waals surface area contributed by atoms with Crippen molar-refractivity contribution >= 4 is 17.3 Å². The standard InChI is InChI=1S/C17H13F3N2O6/c1-26-12-6-4-9-13(14(12)27-2)16(23)28-15(9)21-10-5-3-8(17(18,19)20)7-11(10)22(24)25/h3-7,15,21H,1-2H3/t15-/m1/s1. The van der Waals surface area contributed by atoms with Gasteiger partial charge in [0.1, 0.15) is 11.3 Å². The smallest absolute Gasteiger partial charge is 0.416 e. The van der Waals surface area contributed by atoms with Crippen molar-refractivity contribution in [3.05, 3.63) is 57.1 Å². The fourth-order valence-electron chi connectivity index (χ4n) is 2.83. The number of nitro groups is 1. The van der Waals surface area contributed by atoms with E-state index in [1.54, 1.807) is 0 Å². The Morgan fingerprint density at radius 2 is 1.89 bits per heavy atom. The highest BCUT2D eigenvalue weighted by molar-refractivity contribution is 5.98. The zero-order chi connectivity index (χ0) is 20.6. The minimum Gasteiger partial charge on any atom is -0.493 e. The van der Waals surface area contributed by atoms with Crippen LogP contribution in [-0.2, 0) is 10.9 Å². The van der Waals surface area contributed by atoms with E-state index in [2.05, 4.69) is 5.32 Å². The Labute approximate surface area is 156 Å². The van der Waals surface area contributed by atoms with Gasteiger partial charge >= 0.3 is 12.1 Å². The summed E-state index contributed by atoms with van der Waals surface area (Å²) in [5.41, 5.74) is -1.84. The molecular weight excluding hydrogens is 385 g/mol. The van der Waals surface area contributed by atoms with E-state index < -0.39 is 34.5 Å².